The molecule has 1 aliphatic carbocycles. The summed E-state index contributed by atoms with van der Waals surface area (Å²) in [6.07, 6.45) is 6.06. The van der Waals surface area contributed by atoms with Gasteiger partial charge in [-0.25, -0.2) is 4.98 Å². The van der Waals surface area contributed by atoms with E-state index in [0.29, 0.717) is 5.91 Å². The molecule has 2 aliphatic rings. The average molecular weight is 309 g/mol. The molecule has 0 N–H and O–H groups in total. The van der Waals surface area contributed by atoms with Gasteiger partial charge in [0.1, 0.15) is 5.82 Å². The summed E-state index contributed by atoms with van der Waals surface area (Å²) in [4.78, 5) is 20.1. The Morgan fingerprint density at radius 3 is 2.61 bits per heavy atom. The van der Waals surface area contributed by atoms with E-state index in [1.807, 2.05) is 38.4 Å². The number of aryl methyl sites for hydroxylation is 2. The molecule has 0 radical (unpaired) electrons. The highest BCUT2D eigenvalue weighted by Gasteiger charge is 2.54. The van der Waals surface area contributed by atoms with Crippen molar-refractivity contribution < 1.29 is 4.79 Å². The maximum Gasteiger partial charge on any atom is 0.233 e. The number of hydrogen-bond acceptors (Lipinski definition) is 2. The van der Waals surface area contributed by atoms with Gasteiger partial charge in [-0.3, -0.25) is 4.79 Å². The van der Waals surface area contributed by atoms with Crippen molar-refractivity contribution in [3.05, 3.63) is 53.6 Å². The molecule has 23 heavy (non-hydrogen) atoms. The predicted octanol–water partition coefficient (Wildman–Crippen LogP) is 3.12. The van der Waals surface area contributed by atoms with Gasteiger partial charge in [0.25, 0.3) is 0 Å². The molecule has 1 saturated carbocycles. The number of carbonyl (C=O) groups excluding carboxylic acids is 1. The topological polar surface area (TPSA) is 38.1 Å². The van der Waals surface area contributed by atoms with Crippen molar-refractivity contribution in [2.75, 3.05) is 6.54 Å². The molecular formula is C19H23N3O. The molecule has 0 bridgehead atoms. The Hall–Kier alpha value is -2.10. The molecule has 0 spiro atoms. The van der Waals surface area contributed by atoms with Gasteiger partial charge in [0.2, 0.25) is 5.91 Å². The first kappa shape index (κ1) is 14.5. The summed E-state index contributed by atoms with van der Waals surface area (Å²) in [5, 5.41) is 0. The molecule has 1 atom stereocenters. The molecule has 2 heterocycles. The summed E-state index contributed by atoms with van der Waals surface area (Å²) in [5.41, 5.74) is 1.92. The number of imidazole rings is 1. The lowest BCUT2D eigenvalue weighted by Gasteiger charge is -2.29. The van der Waals surface area contributed by atoms with Gasteiger partial charge >= 0.3 is 0 Å². The number of benzene rings is 1. The molecule has 1 unspecified atom stereocenters. The van der Waals surface area contributed by atoms with E-state index < -0.39 is 0 Å². The molecule has 1 aromatic carbocycles. The Balaban J connectivity index is 1.64. The minimum Gasteiger partial charge on any atom is -0.336 e. The van der Waals surface area contributed by atoms with E-state index in [1.165, 1.54) is 5.56 Å². The van der Waals surface area contributed by atoms with Crippen molar-refractivity contribution in [2.45, 2.75) is 44.1 Å². The highest BCUT2D eigenvalue weighted by atomic mass is 16.2. The van der Waals surface area contributed by atoms with Gasteiger partial charge < -0.3 is 9.47 Å². The van der Waals surface area contributed by atoms with E-state index in [-0.39, 0.29) is 11.5 Å². The summed E-state index contributed by atoms with van der Waals surface area (Å²) < 4.78 is 2.08. The molecule has 120 valence electrons. The van der Waals surface area contributed by atoms with E-state index in [0.717, 1.165) is 43.7 Å². The fraction of sp³-hybridized carbons (Fsp3) is 0.474. The lowest BCUT2D eigenvalue weighted by molar-refractivity contribution is -0.135. The molecule has 2 fully saturated rings. The van der Waals surface area contributed by atoms with Crippen LogP contribution in [0.25, 0.3) is 0 Å². The first-order valence-corrected chi connectivity index (χ1v) is 8.48. The summed E-state index contributed by atoms with van der Waals surface area (Å²) in [7, 11) is 2.03. The molecule has 4 nitrogen and oxygen atoms in total. The van der Waals surface area contributed by atoms with Crippen molar-refractivity contribution in [1.82, 2.24) is 14.5 Å². The van der Waals surface area contributed by atoms with Crippen molar-refractivity contribution in [2.24, 2.45) is 7.05 Å². The van der Waals surface area contributed by atoms with Crippen LogP contribution in [0.5, 0.6) is 0 Å². The minimum absolute atomic E-state index is 0.127. The normalized spacial score (nSPS) is 22.3. The number of rotatable bonds is 3. The second-order valence-electron chi connectivity index (χ2n) is 6.96. The highest BCUT2D eigenvalue weighted by Crippen LogP contribution is 2.51. The van der Waals surface area contributed by atoms with Gasteiger partial charge in [0.05, 0.1) is 17.2 Å². The fourth-order valence-electron chi connectivity index (χ4n) is 4.01. The zero-order valence-electron chi connectivity index (χ0n) is 13.8. The molecule has 2 aromatic rings. The van der Waals surface area contributed by atoms with Gasteiger partial charge in [-0.05, 0) is 38.2 Å². The number of aromatic nitrogens is 2. The third-order valence-corrected chi connectivity index (χ3v) is 5.33. The third-order valence-electron chi connectivity index (χ3n) is 5.33. The van der Waals surface area contributed by atoms with Gasteiger partial charge in [-0.2, -0.15) is 0 Å². The average Bonchev–Trinajstić information content (AvgIpc) is 3.11. The fourth-order valence-corrected chi connectivity index (χ4v) is 4.01. The molecule has 1 saturated heterocycles. The van der Waals surface area contributed by atoms with Crippen molar-refractivity contribution >= 4 is 5.91 Å². The standard InChI is InChI=1S/C19H23N3O/c1-14-13-21(2)17(20-14)16-9-6-12-22(16)18(23)19(10-11-19)15-7-4-3-5-8-15/h3-5,7-8,13,16H,6,9-12H2,1-2H3. The maximum atomic E-state index is 13.3. The molecule has 4 rings (SSSR count). The number of likely N-dealkylation sites (tertiary alicyclic amines) is 1. The number of carbonyl (C=O) groups is 1. The zero-order chi connectivity index (χ0) is 16.0. The molecular weight excluding hydrogens is 286 g/mol. The first-order valence-electron chi connectivity index (χ1n) is 8.48. The summed E-state index contributed by atoms with van der Waals surface area (Å²) >= 11 is 0. The summed E-state index contributed by atoms with van der Waals surface area (Å²) in [5.74, 6) is 1.32. The zero-order valence-corrected chi connectivity index (χ0v) is 13.8. The van der Waals surface area contributed by atoms with Crippen LogP contribution in [0.1, 0.15) is 48.8 Å². The Labute approximate surface area is 137 Å². The van der Waals surface area contributed by atoms with Crippen molar-refractivity contribution in [3.8, 4) is 0 Å². The number of nitrogens with zero attached hydrogens (tertiary/aromatic N) is 3. The molecule has 4 heteroatoms. The van der Waals surface area contributed by atoms with Crippen molar-refractivity contribution in [1.29, 1.82) is 0 Å². The van der Waals surface area contributed by atoms with Gasteiger partial charge in [-0.1, -0.05) is 30.3 Å². The Morgan fingerprint density at radius 2 is 2.00 bits per heavy atom. The van der Waals surface area contributed by atoms with Crippen LogP contribution in [-0.2, 0) is 17.3 Å². The smallest absolute Gasteiger partial charge is 0.233 e. The molecule has 1 aromatic heterocycles. The van der Waals surface area contributed by atoms with Crippen LogP contribution in [0.2, 0.25) is 0 Å². The lowest BCUT2D eigenvalue weighted by Crippen LogP contribution is -2.39. The van der Waals surface area contributed by atoms with E-state index in [4.69, 9.17) is 0 Å². The largest absolute Gasteiger partial charge is 0.336 e. The number of hydrogen-bond donors (Lipinski definition) is 0. The monoisotopic (exact) mass is 309 g/mol. The lowest BCUT2D eigenvalue weighted by atomic mass is 9.94. The SMILES string of the molecule is Cc1cn(C)c(C2CCCN2C(=O)C2(c3ccccc3)CC2)n1. The Kier molecular flexibility index (Phi) is 3.29. The predicted molar refractivity (Wildman–Crippen MR) is 89.0 cm³/mol. The summed E-state index contributed by atoms with van der Waals surface area (Å²) in [6.45, 7) is 2.86. The first-order chi connectivity index (χ1) is 11.1. The Bertz CT molecular complexity index is 730. The minimum atomic E-state index is -0.274. The van der Waals surface area contributed by atoms with E-state index in [2.05, 4.69) is 26.6 Å². The van der Waals surface area contributed by atoms with Crippen molar-refractivity contribution in [3.63, 3.8) is 0 Å². The van der Waals surface area contributed by atoms with Crippen LogP contribution in [0, 0.1) is 6.92 Å². The highest BCUT2D eigenvalue weighted by molar-refractivity contribution is 5.91. The second kappa shape index (κ2) is 5.22. The number of amides is 1. The van der Waals surface area contributed by atoms with Crippen LogP contribution in [-0.4, -0.2) is 26.9 Å². The van der Waals surface area contributed by atoms with Crippen LogP contribution < -0.4 is 0 Å². The van der Waals surface area contributed by atoms with Gasteiger partial charge in [-0.15, -0.1) is 0 Å². The third kappa shape index (κ3) is 2.28. The van der Waals surface area contributed by atoms with Crippen LogP contribution in [0.3, 0.4) is 0 Å². The molecule has 1 aliphatic heterocycles. The van der Waals surface area contributed by atoms with Crippen LogP contribution in [0.15, 0.2) is 36.5 Å². The van der Waals surface area contributed by atoms with E-state index >= 15 is 0 Å². The van der Waals surface area contributed by atoms with Crippen LogP contribution in [0.4, 0.5) is 0 Å². The summed E-state index contributed by atoms with van der Waals surface area (Å²) in [6, 6.07) is 10.4. The van der Waals surface area contributed by atoms with Gasteiger partial charge in [0.15, 0.2) is 0 Å². The quantitative estimate of drug-likeness (QED) is 0.873. The van der Waals surface area contributed by atoms with Crippen LogP contribution >= 0.6 is 0 Å². The van der Waals surface area contributed by atoms with E-state index in [1.54, 1.807) is 0 Å². The van der Waals surface area contributed by atoms with Gasteiger partial charge in [0, 0.05) is 19.8 Å². The van der Waals surface area contributed by atoms with E-state index in [9.17, 15) is 4.79 Å². The Morgan fingerprint density at radius 1 is 1.26 bits per heavy atom. The maximum absolute atomic E-state index is 13.3. The second-order valence-corrected chi connectivity index (χ2v) is 6.96. The molecule has 1 amide bonds.